The van der Waals surface area contributed by atoms with E-state index in [1.54, 1.807) is 0 Å². The van der Waals surface area contributed by atoms with Gasteiger partial charge in [-0.25, -0.2) is 0 Å². The van der Waals surface area contributed by atoms with Crippen molar-refractivity contribution < 1.29 is 24.5 Å². The number of carbonyl (C=O) groups excluding carboxylic acids is 1. The first-order valence-electron chi connectivity index (χ1n) is 12.2. The van der Waals surface area contributed by atoms with Crippen LogP contribution in [0.1, 0.15) is 58.2 Å². The lowest BCUT2D eigenvalue weighted by atomic mass is 9.41. The summed E-state index contributed by atoms with van der Waals surface area (Å²) in [7, 11) is 0. The summed E-state index contributed by atoms with van der Waals surface area (Å²) in [4.78, 5) is 16.8. The number of ketones is 1. The van der Waals surface area contributed by atoms with Gasteiger partial charge >= 0.3 is 0 Å². The van der Waals surface area contributed by atoms with Gasteiger partial charge in [0.2, 0.25) is 0 Å². The molecule has 7 atom stereocenters. The molecule has 4 unspecified atom stereocenters. The summed E-state index contributed by atoms with van der Waals surface area (Å²) in [6, 6.07) is 6.27. The summed E-state index contributed by atoms with van der Waals surface area (Å²) in [5, 5.41) is 25.4. The Labute approximate surface area is 206 Å². The Morgan fingerprint density at radius 1 is 1.18 bits per heavy atom. The lowest BCUT2D eigenvalue weighted by Crippen LogP contribution is -2.74. The number of H-pyrrole nitrogens is 1. The Hall–Kier alpha value is -1.51. The number of fused-ring (bicyclic) bond motifs is 9. The van der Waals surface area contributed by atoms with Crippen LogP contribution < -0.4 is 0 Å². The molecule has 3 fully saturated rings. The maximum atomic E-state index is 13.1. The molecule has 2 aliphatic heterocycles. The number of hydrogen-bond acceptors (Lipinski definition) is 5. The fourth-order valence-corrected chi connectivity index (χ4v) is 8.81. The maximum absolute atomic E-state index is 13.1. The minimum Gasteiger partial charge on any atom is -0.390 e. The monoisotopic (exact) mass is 527 g/mol. The van der Waals surface area contributed by atoms with Crippen LogP contribution in [0.2, 0.25) is 0 Å². The first kappa shape index (κ1) is 21.7. The Balaban J connectivity index is 1.45. The molecule has 7 heteroatoms. The number of halogens is 1. The second-order valence-corrected chi connectivity index (χ2v) is 13.0. The summed E-state index contributed by atoms with van der Waals surface area (Å²) in [5.74, 6) is -1.21. The van der Waals surface area contributed by atoms with Gasteiger partial charge in [0.1, 0.15) is 11.2 Å². The summed E-state index contributed by atoms with van der Waals surface area (Å²) in [6.07, 6.45) is 2.22. The lowest BCUT2D eigenvalue weighted by molar-refractivity contribution is -0.274. The van der Waals surface area contributed by atoms with E-state index in [1.165, 1.54) is 17.0 Å². The number of aromatic amines is 1. The smallest absolute Gasteiger partial charge is 0.195 e. The van der Waals surface area contributed by atoms with Gasteiger partial charge < -0.3 is 24.7 Å². The van der Waals surface area contributed by atoms with E-state index in [1.807, 2.05) is 19.9 Å². The molecule has 3 N–H and O–H groups in total. The zero-order valence-electron chi connectivity index (χ0n) is 19.9. The van der Waals surface area contributed by atoms with Crippen molar-refractivity contribution >= 4 is 32.6 Å². The van der Waals surface area contributed by atoms with Gasteiger partial charge in [0.05, 0.1) is 6.10 Å². The minimum atomic E-state index is -1.66. The predicted octanol–water partition coefficient (Wildman–Crippen LogP) is 4.06. The average molecular weight is 528 g/mol. The van der Waals surface area contributed by atoms with Crippen LogP contribution in [0.25, 0.3) is 10.9 Å². The number of hydrogen-bond donors (Lipinski definition) is 3. The number of rotatable bonds is 0. The van der Waals surface area contributed by atoms with Crippen LogP contribution >= 0.6 is 15.9 Å². The predicted molar refractivity (Wildman–Crippen MR) is 129 cm³/mol. The number of ether oxygens (including phenoxy) is 2. The van der Waals surface area contributed by atoms with Gasteiger partial charge in [-0.3, -0.25) is 4.79 Å². The minimum absolute atomic E-state index is 0.168. The highest BCUT2D eigenvalue weighted by Crippen LogP contribution is 2.71. The van der Waals surface area contributed by atoms with Crippen molar-refractivity contribution in [1.29, 1.82) is 0 Å². The van der Waals surface area contributed by atoms with Gasteiger partial charge in [-0.2, -0.15) is 0 Å². The summed E-state index contributed by atoms with van der Waals surface area (Å²) >= 11 is 3.61. The third-order valence-corrected chi connectivity index (χ3v) is 10.8. The van der Waals surface area contributed by atoms with Crippen LogP contribution in [0.3, 0.4) is 0 Å². The summed E-state index contributed by atoms with van der Waals surface area (Å²) in [6.45, 7) is 8.04. The molecule has 3 heterocycles. The van der Waals surface area contributed by atoms with Crippen LogP contribution in [0, 0.1) is 11.3 Å². The SMILES string of the molecule is CC1(C)OC23CCC4(C)[C@@]5(C)c6[nH]c7ccc(Br)cc7c6CC5C[C@H](O)[C@@]4(O)C2=CC(=O)C1O3. The molecule has 6 nitrogen and oxygen atoms in total. The van der Waals surface area contributed by atoms with Gasteiger partial charge in [0, 0.05) is 43.9 Å². The molecule has 180 valence electrons. The molecule has 2 aromatic rings. The number of aliphatic hydroxyl groups excluding tert-OH is 1. The van der Waals surface area contributed by atoms with Crippen LogP contribution in [0.15, 0.2) is 34.3 Å². The van der Waals surface area contributed by atoms with E-state index in [0.29, 0.717) is 24.8 Å². The Morgan fingerprint density at radius 2 is 1.94 bits per heavy atom. The molecule has 3 aliphatic carbocycles. The molecule has 1 saturated heterocycles. The van der Waals surface area contributed by atoms with Gasteiger partial charge in [0.15, 0.2) is 17.7 Å². The van der Waals surface area contributed by atoms with Gasteiger partial charge in [0.25, 0.3) is 0 Å². The molecule has 1 aromatic heterocycles. The zero-order chi connectivity index (χ0) is 24.1. The van der Waals surface area contributed by atoms with Crippen molar-refractivity contribution in [2.45, 2.75) is 88.0 Å². The quantitative estimate of drug-likeness (QED) is 0.480. The van der Waals surface area contributed by atoms with Crippen molar-refractivity contribution in [2.24, 2.45) is 11.3 Å². The molecule has 1 aromatic carbocycles. The molecule has 2 bridgehead atoms. The Kier molecular flexibility index (Phi) is 3.88. The highest BCUT2D eigenvalue weighted by molar-refractivity contribution is 9.10. The molecule has 2 saturated carbocycles. The second-order valence-electron chi connectivity index (χ2n) is 12.0. The van der Waals surface area contributed by atoms with Gasteiger partial charge in [-0.15, -0.1) is 0 Å². The maximum Gasteiger partial charge on any atom is 0.195 e. The van der Waals surface area contributed by atoms with Crippen molar-refractivity contribution in [3.05, 3.63) is 45.6 Å². The van der Waals surface area contributed by atoms with Crippen LogP contribution in [0.5, 0.6) is 0 Å². The third kappa shape index (κ3) is 2.13. The van der Waals surface area contributed by atoms with E-state index in [0.717, 1.165) is 22.1 Å². The Bertz CT molecular complexity index is 1330. The molecular weight excluding hydrogens is 498 g/mol. The highest BCUT2D eigenvalue weighted by atomic mass is 79.9. The third-order valence-electron chi connectivity index (χ3n) is 10.3. The summed E-state index contributed by atoms with van der Waals surface area (Å²) in [5.41, 5.74) is 0.271. The zero-order valence-corrected chi connectivity index (χ0v) is 21.5. The topological polar surface area (TPSA) is 91.8 Å². The molecule has 7 rings (SSSR count). The molecule has 0 radical (unpaired) electrons. The van der Waals surface area contributed by atoms with E-state index in [4.69, 9.17) is 9.47 Å². The Morgan fingerprint density at radius 3 is 2.71 bits per heavy atom. The number of nitrogens with one attached hydrogen (secondary N) is 1. The largest absolute Gasteiger partial charge is 0.390 e. The second kappa shape index (κ2) is 6.06. The number of aromatic nitrogens is 1. The molecule has 5 aliphatic rings. The molecule has 1 spiro atoms. The number of benzene rings is 1. The van der Waals surface area contributed by atoms with E-state index in [2.05, 4.69) is 46.9 Å². The average Bonchev–Trinajstić information content (AvgIpc) is 3.34. The van der Waals surface area contributed by atoms with Crippen LogP contribution in [-0.2, 0) is 26.1 Å². The summed E-state index contributed by atoms with van der Waals surface area (Å²) < 4.78 is 13.7. The molecule has 0 amide bonds. The highest BCUT2D eigenvalue weighted by Gasteiger charge is 2.77. The van der Waals surface area contributed by atoms with Crippen molar-refractivity contribution in [2.75, 3.05) is 0 Å². The molecular formula is C27H30BrNO5. The lowest BCUT2D eigenvalue weighted by Gasteiger charge is -2.66. The van der Waals surface area contributed by atoms with E-state index in [-0.39, 0.29) is 11.7 Å². The first-order chi connectivity index (χ1) is 15.9. The van der Waals surface area contributed by atoms with E-state index < -0.39 is 40.0 Å². The van der Waals surface area contributed by atoms with Crippen LogP contribution in [0.4, 0.5) is 0 Å². The van der Waals surface area contributed by atoms with Gasteiger partial charge in [-0.05, 0) is 68.9 Å². The first-order valence-corrected chi connectivity index (χ1v) is 13.0. The van der Waals surface area contributed by atoms with Crippen molar-refractivity contribution in [3.63, 3.8) is 0 Å². The number of aliphatic hydroxyl groups is 2. The van der Waals surface area contributed by atoms with Crippen molar-refractivity contribution in [3.8, 4) is 0 Å². The fourth-order valence-electron chi connectivity index (χ4n) is 8.45. The number of carbonyl (C=O) groups is 1. The fraction of sp³-hybridized carbons (Fsp3) is 0.593. The van der Waals surface area contributed by atoms with Crippen molar-refractivity contribution in [1.82, 2.24) is 4.98 Å². The van der Waals surface area contributed by atoms with Crippen LogP contribution in [-0.4, -0.2) is 50.2 Å². The normalized spacial score (nSPS) is 46.0. The van der Waals surface area contributed by atoms with E-state index >= 15 is 0 Å². The molecule has 34 heavy (non-hydrogen) atoms. The standard InChI is InChI=1S/C27H30BrNO5/c1-23(2)22-18(30)12-19-26(33-22,34-23)8-7-24(3)25(4)13(10-20(31)27(19,24)32)9-16-15-11-14(28)5-6-17(15)29-21(16)25/h5-6,11-13,20,22,29,31-32H,7-10H2,1-4H3/t13?,20-,22?,24?,25+,26?,27-/m0/s1. The van der Waals surface area contributed by atoms with Gasteiger partial charge in [-0.1, -0.05) is 29.8 Å². The van der Waals surface area contributed by atoms with E-state index in [9.17, 15) is 15.0 Å².